The molecule has 3 heteroatoms. The Bertz CT molecular complexity index is 1350. The zero-order chi connectivity index (χ0) is 42.4. The summed E-state index contributed by atoms with van der Waals surface area (Å²) >= 11 is 2.03. The molecule has 2 aromatic carbocycles. The number of benzene rings is 2. The minimum absolute atomic E-state index is 0.903. The molecule has 0 bridgehead atoms. The molecule has 1 aliphatic rings. The molecule has 0 unspecified atom stereocenters. The van der Waals surface area contributed by atoms with Gasteiger partial charge in [0, 0.05) is 22.8 Å². The van der Waals surface area contributed by atoms with E-state index in [9.17, 15) is 5.53 Å². The summed E-state index contributed by atoms with van der Waals surface area (Å²) in [7, 11) is 0. The van der Waals surface area contributed by atoms with Crippen molar-refractivity contribution < 1.29 is 19.1 Å². The van der Waals surface area contributed by atoms with Crippen molar-refractivity contribution in [2.24, 2.45) is 0 Å². The van der Waals surface area contributed by atoms with E-state index in [1.165, 1.54) is 212 Å². The van der Waals surface area contributed by atoms with Gasteiger partial charge in [0.2, 0.25) is 11.4 Å². The van der Waals surface area contributed by atoms with Gasteiger partial charge in [0.1, 0.15) is 0 Å². The maximum absolute atomic E-state index is 11.3. The van der Waals surface area contributed by atoms with E-state index in [1.54, 1.807) is 0 Å². The topological polar surface area (TPSA) is 25.3 Å². The van der Waals surface area contributed by atoms with E-state index >= 15 is 0 Å². The third-order valence-corrected chi connectivity index (χ3v) is 13.5. The second kappa shape index (κ2) is 37.7. The first-order chi connectivity index (χ1) is 29.1. The second-order valence-electron chi connectivity index (χ2n) is 17.7. The van der Waals surface area contributed by atoms with Gasteiger partial charge in [0.25, 0.3) is 0 Å². The molecule has 1 aliphatic heterocycles. The number of hydrogen-bond donors (Lipinski definition) is 0. The van der Waals surface area contributed by atoms with Gasteiger partial charge in [-0.05, 0) is 73.9 Å². The van der Waals surface area contributed by atoms with Crippen molar-refractivity contribution >= 4 is 11.4 Å². The van der Waals surface area contributed by atoms with Crippen LogP contribution in [0.4, 0.5) is 0 Å². The molecule has 0 amide bonds. The fraction of sp³-hybridized carbons (Fsp3) is 0.714. The Hall–Kier alpha value is -1.99. The molecule has 0 aliphatic carbocycles. The van der Waals surface area contributed by atoms with Gasteiger partial charge in [-0.3, -0.25) is 0 Å². The number of rotatable bonds is 37. The van der Waals surface area contributed by atoms with Crippen LogP contribution in [-0.2, 0) is 27.3 Å². The molecular formula is C56H94N2Ni. The van der Waals surface area contributed by atoms with Crippen LogP contribution in [0.3, 0.4) is 0 Å². The molecule has 0 fully saturated rings. The normalized spacial score (nSPS) is 12.7. The molecule has 1 heterocycles. The summed E-state index contributed by atoms with van der Waals surface area (Å²) in [4.78, 5) is 0. The van der Waals surface area contributed by atoms with E-state index in [2.05, 4.69) is 89.2 Å². The number of nitrogens with zero attached hydrogens (tertiary/aromatic N) is 2. The van der Waals surface area contributed by atoms with E-state index in [1.807, 2.05) is 14.4 Å². The third kappa shape index (κ3) is 25.5. The summed E-state index contributed by atoms with van der Waals surface area (Å²) in [6, 6.07) is 17.5. The minimum atomic E-state index is 0.903. The van der Waals surface area contributed by atoms with Gasteiger partial charge in [-0.25, -0.2) is 4.70 Å². The quantitative estimate of drug-likeness (QED) is 0.0368. The Morgan fingerprint density at radius 2 is 0.780 bits per heavy atom. The first-order valence-corrected chi connectivity index (χ1v) is 27.1. The van der Waals surface area contributed by atoms with Gasteiger partial charge in [-0.15, -0.1) is 0 Å². The molecular weight excluding hydrogens is 759 g/mol. The first kappa shape index (κ1) is 53.2. The Morgan fingerprint density at radius 3 is 1.22 bits per heavy atom. The molecule has 59 heavy (non-hydrogen) atoms. The van der Waals surface area contributed by atoms with Crippen molar-refractivity contribution in [2.75, 3.05) is 0 Å². The first-order valence-electron chi connectivity index (χ1n) is 25.7. The number of allylic oxidation sites excluding steroid dienone is 2. The van der Waals surface area contributed by atoms with Gasteiger partial charge in [0.05, 0.1) is 0 Å². The van der Waals surface area contributed by atoms with Crippen LogP contribution in [-0.4, -0.2) is 4.70 Å². The van der Waals surface area contributed by atoms with Crippen molar-refractivity contribution in [1.29, 1.82) is 0 Å². The predicted octanol–water partition coefficient (Wildman–Crippen LogP) is 19.7. The van der Waals surface area contributed by atoms with Crippen molar-refractivity contribution in [3.05, 3.63) is 88.0 Å². The Balaban J connectivity index is 0.000000414. The van der Waals surface area contributed by atoms with Crippen LogP contribution in [0.5, 0.6) is 0 Å². The summed E-state index contributed by atoms with van der Waals surface area (Å²) in [6.45, 7) is 11.3. The molecule has 2 aromatic rings. The van der Waals surface area contributed by atoms with Gasteiger partial charge in [0.15, 0.2) is 0 Å². The minimum Gasteiger partial charge on any atom is -0.493 e. The summed E-state index contributed by atoms with van der Waals surface area (Å²) < 4.78 is 1.45. The number of unbranched alkanes of at least 4 members (excludes halogenated alkanes) is 25. The zero-order valence-corrected chi connectivity index (χ0v) is 40.6. The van der Waals surface area contributed by atoms with E-state index in [4.69, 9.17) is 0 Å². The van der Waals surface area contributed by atoms with Crippen LogP contribution in [0.1, 0.15) is 256 Å². The van der Waals surface area contributed by atoms with E-state index in [0.717, 1.165) is 54.6 Å². The standard InChI is InChI=1S/C30H40N2.2C13H27.Ni/c1-4-7-10-14-24-16-12-19-26(21-24)29-23-28(18-9-6-3)30(32(29)31)27-20-13-17-25(22-27)15-11-8-5-2;2*1-3-5-7-9-11-13-12-10-8-6-4-2;/h12-13,16-17,19-23H,4-11,14-15,18H2,1-3H3;2*1,3-13H2,2H3;. The molecule has 0 N–H and O–H groups in total. The summed E-state index contributed by atoms with van der Waals surface area (Å²) in [5, 5.41) is 2.86. The molecule has 2 nitrogen and oxygen atoms in total. The molecule has 0 radical (unpaired) electrons. The Morgan fingerprint density at radius 1 is 0.407 bits per heavy atom. The maximum atomic E-state index is 11.3. The molecule has 338 valence electrons. The van der Waals surface area contributed by atoms with Crippen molar-refractivity contribution in [3.8, 4) is 0 Å². The molecule has 0 aromatic heterocycles. The molecule has 0 atom stereocenters. The van der Waals surface area contributed by atoms with Gasteiger partial charge >= 0.3 is 166 Å². The fourth-order valence-electron chi connectivity index (χ4n) is 8.26. The van der Waals surface area contributed by atoms with E-state index < -0.39 is 0 Å². The average Bonchev–Trinajstić information content (AvgIpc) is 3.59. The molecule has 0 spiro atoms. The van der Waals surface area contributed by atoms with Crippen LogP contribution in [0.15, 0.2) is 60.2 Å². The monoisotopic (exact) mass is 853 g/mol. The zero-order valence-electron chi connectivity index (χ0n) is 39.7. The van der Waals surface area contributed by atoms with Crippen LogP contribution in [0.25, 0.3) is 16.9 Å². The summed E-state index contributed by atoms with van der Waals surface area (Å²) in [5.41, 5.74) is 19.4. The van der Waals surface area contributed by atoms with Crippen LogP contribution in [0.2, 0.25) is 10.8 Å². The average molecular weight is 854 g/mol. The molecule has 0 saturated heterocycles. The predicted molar refractivity (Wildman–Crippen MR) is 260 cm³/mol. The SMILES string of the molecule is CCCCCCCCCCCC[CH2][Ni][CH2]CCCCCCCCCCCC.CCCCCc1cccc(C2=CC(CCCC)=C(c3cccc(CCCCC)c3)[N+]2=[N-])c1. The number of aryl methyl sites for hydroxylation is 2. The smallest absolute Gasteiger partial charge is 0.493 e. The van der Waals surface area contributed by atoms with Crippen LogP contribution >= 0.6 is 0 Å². The third-order valence-electron chi connectivity index (χ3n) is 12.1. The van der Waals surface area contributed by atoms with E-state index in [-0.39, 0.29) is 0 Å². The summed E-state index contributed by atoms with van der Waals surface area (Å²) in [5.74, 6) is 0. The fourth-order valence-corrected chi connectivity index (χ4v) is 9.50. The van der Waals surface area contributed by atoms with Gasteiger partial charge in [-0.1, -0.05) is 91.0 Å². The molecule has 0 saturated carbocycles. The van der Waals surface area contributed by atoms with Crippen LogP contribution in [0, 0.1) is 0 Å². The second-order valence-corrected chi connectivity index (χ2v) is 19.2. The van der Waals surface area contributed by atoms with Crippen molar-refractivity contribution in [2.45, 2.75) is 257 Å². The van der Waals surface area contributed by atoms with Crippen molar-refractivity contribution in [3.63, 3.8) is 0 Å². The summed E-state index contributed by atoms with van der Waals surface area (Å²) in [6.07, 6.45) is 47.4. The van der Waals surface area contributed by atoms with Crippen LogP contribution < -0.4 is 0 Å². The van der Waals surface area contributed by atoms with Gasteiger partial charge in [-0.2, -0.15) is 0 Å². The number of hydrogen-bond acceptors (Lipinski definition) is 0. The van der Waals surface area contributed by atoms with Gasteiger partial charge < -0.3 is 5.53 Å². The van der Waals surface area contributed by atoms with Crippen molar-refractivity contribution in [1.82, 2.24) is 0 Å². The Labute approximate surface area is 374 Å². The van der Waals surface area contributed by atoms with E-state index in [0.29, 0.717) is 0 Å². The molecule has 3 rings (SSSR count). The Kier molecular flexibility index (Phi) is 34.0.